The molecule has 0 saturated carbocycles. The number of nitrogens with zero attached hydrogens (tertiary/aromatic N) is 2. The molecule has 3 rings (SSSR count). The number of ether oxygens (including phenoxy) is 1. The number of H-pyrrole nitrogens is 1. The van der Waals surface area contributed by atoms with Crippen LogP contribution in [0.3, 0.4) is 0 Å². The minimum absolute atomic E-state index is 0.588. The number of aromatic amines is 1. The lowest BCUT2D eigenvalue weighted by molar-refractivity contribution is 0.139. The molecular weight excluding hydrogens is 226 g/mol. The van der Waals surface area contributed by atoms with Gasteiger partial charge in [0.25, 0.3) is 0 Å². The van der Waals surface area contributed by atoms with Crippen LogP contribution < -0.4 is 0 Å². The molecule has 2 heterocycles. The second-order valence-corrected chi connectivity index (χ2v) is 5.01. The Morgan fingerprint density at radius 1 is 1.44 bits per heavy atom. The summed E-state index contributed by atoms with van der Waals surface area (Å²) in [5.74, 6) is 0. The zero-order valence-electron chi connectivity index (χ0n) is 10.7. The summed E-state index contributed by atoms with van der Waals surface area (Å²) < 4.78 is 5.53. The fourth-order valence-electron chi connectivity index (χ4n) is 2.49. The molecule has 1 aromatic heterocycles. The molecule has 1 saturated heterocycles. The largest absolute Gasteiger partial charge is 0.380 e. The van der Waals surface area contributed by atoms with E-state index in [-0.39, 0.29) is 0 Å². The molecule has 1 aromatic carbocycles. The van der Waals surface area contributed by atoms with Crippen molar-refractivity contribution in [2.45, 2.75) is 25.9 Å². The average Bonchev–Trinajstić information content (AvgIpc) is 2.75. The minimum Gasteiger partial charge on any atom is -0.380 e. The van der Waals surface area contributed by atoms with E-state index in [0.29, 0.717) is 6.04 Å². The van der Waals surface area contributed by atoms with Gasteiger partial charge in [0, 0.05) is 31.1 Å². The fourth-order valence-corrected chi connectivity index (χ4v) is 2.49. The van der Waals surface area contributed by atoms with E-state index in [1.807, 2.05) is 6.20 Å². The first-order chi connectivity index (χ1) is 8.83. The van der Waals surface area contributed by atoms with Crippen LogP contribution in [0.25, 0.3) is 10.9 Å². The Balaban J connectivity index is 1.77. The van der Waals surface area contributed by atoms with Crippen molar-refractivity contribution in [3.8, 4) is 0 Å². The van der Waals surface area contributed by atoms with Gasteiger partial charge in [-0.15, -0.1) is 0 Å². The molecule has 1 fully saturated rings. The van der Waals surface area contributed by atoms with E-state index in [2.05, 4.69) is 40.2 Å². The van der Waals surface area contributed by atoms with E-state index in [1.165, 1.54) is 10.9 Å². The van der Waals surface area contributed by atoms with E-state index in [0.717, 1.165) is 38.2 Å². The summed E-state index contributed by atoms with van der Waals surface area (Å²) in [6.45, 7) is 6.01. The third kappa shape index (κ3) is 2.40. The number of benzene rings is 1. The van der Waals surface area contributed by atoms with Crippen LogP contribution in [0.4, 0.5) is 0 Å². The molecule has 0 amide bonds. The van der Waals surface area contributed by atoms with Crippen molar-refractivity contribution in [3.05, 3.63) is 30.0 Å². The molecule has 96 valence electrons. The molecular formula is C14H19N3O. The Kier molecular flexibility index (Phi) is 3.30. The highest BCUT2D eigenvalue weighted by Crippen LogP contribution is 2.17. The Morgan fingerprint density at radius 3 is 3.33 bits per heavy atom. The molecule has 4 heteroatoms. The molecule has 0 bridgehead atoms. The molecule has 1 atom stereocenters. The summed E-state index contributed by atoms with van der Waals surface area (Å²) in [5, 5.41) is 8.26. The second kappa shape index (κ2) is 5.08. The normalized spacial score (nSPS) is 22.2. The number of fused-ring (bicyclic) bond motifs is 1. The van der Waals surface area contributed by atoms with Gasteiger partial charge in [0.1, 0.15) is 0 Å². The Labute approximate surface area is 107 Å². The third-order valence-electron chi connectivity index (χ3n) is 3.72. The summed E-state index contributed by atoms with van der Waals surface area (Å²) >= 11 is 0. The maximum absolute atomic E-state index is 5.53. The van der Waals surface area contributed by atoms with E-state index in [9.17, 15) is 0 Å². The molecule has 18 heavy (non-hydrogen) atoms. The summed E-state index contributed by atoms with van der Waals surface area (Å²) in [5.41, 5.74) is 2.45. The van der Waals surface area contributed by atoms with Crippen LogP contribution in [0.2, 0.25) is 0 Å². The molecule has 0 radical (unpaired) electrons. The lowest BCUT2D eigenvalue weighted by Gasteiger charge is -2.26. The van der Waals surface area contributed by atoms with Gasteiger partial charge < -0.3 is 4.74 Å². The van der Waals surface area contributed by atoms with Crippen molar-refractivity contribution < 1.29 is 4.74 Å². The monoisotopic (exact) mass is 245 g/mol. The van der Waals surface area contributed by atoms with Gasteiger partial charge in [-0.3, -0.25) is 10.00 Å². The summed E-state index contributed by atoms with van der Waals surface area (Å²) in [7, 11) is 0. The quantitative estimate of drug-likeness (QED) is 0.881. The number of rotatable bonds is 2. The molecule has 1 N–H and O–H groups in total. The van der Waals surface area contributed by atoms with Crippen molar-refractivity contribution in [1.82, 2.24) is 15.1 Å². The van der Waals surface area contributed by atoms with Gasteiger partial charge in [-0.2, -0.15) is 5.10 Å². The standard InChI is InChI=1S/C14H19N3O/c1-11-4-6-18-7-5-17(11)10-12-2-3-13-9-15-16-14(13)8-12/h2-3,8-9,11H,4-7,10H2,1H3,(H,15,16). The van der Waals surface area contributed by atoms with Crippen molar-refractivity contribution in [2.75, 3.05) is 19.8 Å². The van der Waals surface area contributed by atoms with Gasteiger partial charge >= 0.3 is 0 Å². The average molecular weight is 245 g/mol. The van der Waals surface area contributed by atoms with Crippen LogP contribution in [0.5, 0.6) is 0 Å². The molecule has 1 aliphatic rings. The van der Waals surface area contributed by atoms with Gasteiger partial charge in [0.05, 0.1) is 18.3 Å². The summed E-state index contributed by atoms with van der Waals surface area (Å²) in [4.78, 5) is 2.49. The highest BCUT2D eigenvalue weighted by Gasteiger charge is 2.17. The maximum atomic E-state index is 5.53. The van der Waals surface area contributed by atoms with E-state index >= 15 is 0 Å². The van der Waals surface area contributed by atoms with Gasteiger partial charge in [0.2, 0.25) is 0 Å². The van der Waals surface area contributed by atoms with Crippen LogP contribution in [0.1, 0.15) is 18.9 Å². The summed E-state index contributed by atoms with van der Waals surface area (Å²) in [6.07, 6.45) is 2.98. The predicted octanol–water partition coefficient (Wildman–Crippen LogP) is 2.17. The van der Waals surface area contributed by atoms with Crippen molar-refractivity contribution >= 4 is 10.9 Å². The molecule has 1 unspecified atom stereocenters. The first-order valence-corrected chi connectivity index (χ1v) is 6.57. The molecule has 1 aliphatic heterocycles. The van der Waals surface area contributed by atoms with Crippen LogP contribution in [-0.2, 0) is 11.3 Å². The highest BCUT2D eigenvalue weighted by molar-refractivity contribution is 5.78. The fraction of sp³-hybridized carbons (Fsp3) is 0.500. The van der Waals surface area contributed by atoms with Crippen molar-refractivity contribution in [1.29, 1.82) is 0 Å². The zero-order chi connectivity index (χ0) is 12.4. The first kappa shape index (κ1) is 11.7. The van der Waals surface area contributed by atoms with E-state index in [4.69, 9.17) is 4.74 Å². The molecule has 2 aromatic rings. The lowest BCUT2D eigenvalue weighted by Crippen LogP contribution is -2.33. The van der Waals surface area contributed by atoms with Crippen molar-refractivity contribution in [3.63, 3.8) is 0 Å². The first-order valence-electron chi connectivity index (χ1n) is 6.57. The Morgan fingerprint density at radius 2 is 2.39 bits per heavy atom. The number of hydrogen-bond acceptors (Lipinski definition) is 3. The van der Waals surface area contributed by atoms with Gasteiger partial charge in [0.15, 0.2) is 0 Å². The predicted molar refractivity (Wildman–Crippen MR) is 71.4 cm³/mol. The molecule has 0 aliphatic carbocycles. The Bertz CT molecular complexity index is 522. The number of hydrogen-bond donors (Lipinski definition) is 1. The molecule has 4 nitrogen and oxygen atoms in total. The highest BCUT2D eigenvalue weighted by atomic mass is 16.5. The SMILES string of the molecule is CC1CCOCCN1Cc1ccc2cn[nH]c2c1. The van der Waals surface area contributed by atoms with Crippen molar-refractivity contribution in [2.24, 2.45) is 0 Å². The van der Waals surface area contributed by atoms with Crippen LogP contribution >= 0.6 is 0 Å². The van der Waals surface area contributed by atoms with E-state index < -0.39 is 0 Å². The van der Waals surface area contributed by atoms with Crippen LogP contribution in [-0.4, -0.2) is 40.9 Å². The number of aromatic nitrogens is 2. The van der Waals surface area contributed by atoms with Gasteiger partial charge in [-0.25, -0.2) is 0 Å². The Hall–Kier alpha value is -1.39. The maximum Gasteiger partial charge on any atom is 0.0653 e. The van der Waals surface area contributed by atoms with Crippen LogP contribution in [0, 0.1) is 0 Å². The minimum atomic E-state index is 0.588. The molecule has 0 spiro atoms. The second-order valence-electron chi connectivity index (χ2n) is 5.01. The lowest BCUT2D eigenvalue weighted by atomic mass is 10.1. The van der Waals surface area contributed by atoms with Gasteiger partial charge in [-0.05, 0) is 25.0 Å². The zero-order valence-corrected chi connectivity index (χ0v) is 10.7. The van der Waals surface area contributed by atoms with Gasteiger partial charge in [-0.1, -0.05) is 12.1 Å². The smallest absolute Gasteiger partial charge is 0.0653 e. The van der Waals surface area contributed by atoms with Crippen LogP contribution in [0.15, 0.2) is 24.4 Å². The number of nitrogens with one attached hydrogen (secondary N) is 1. The third-order valence-corrected chi connectivity index (χ3v) is 3.72. The topological polar surface area (TPSA) is 41.1 Å². The van der Waals surface area contributed by atoms with E-state index in [1.54, 1.807) is 0 Å². The summed E-state index contributed by atoms with van der Waals surface area (Å²) in [6, 6.07) is 7.11.